The monoisotopic (exact) mass is 522 g/mol. The van der Waals surface area contributed by atoms with E-state index < -0.39 is 29.2 Å². The molecule has 3 aromatic carbocycles. The minimum absolute atomic E-state index is 0. The summed E-state index contributed by atoms with van der Waals surface area (Å²) in [5.74, 6) is -5.71. The van der Waals surface area contributed by atoms with Crippen molar-refractivity contribution in [3.05, 3.63) is 87.7 Å². The van der Waals surface area contributed by atoms with Gasteiger partial charge in [-0.2, -0.15) is 0 Å². The Morgan fingerprint density at radius 1 is 0.862 bits per heavy atom. The number of esters is 1. The van der Waals surface area contributed by atoms with Crippen molar-refractivity contribution in [2.24, 2.45) is 0 Å². The van der Waals surface area contributed by atoms with Gasteiger partial charge in [-0.3, -0.25) is 0 Å². The van der Waals surface area contributed by atoms with E-state index in [0.29, 0.717) is 17.7 Å². The molecule has 3 rings (SSSR count). The Hall–Kier alpha value is -1.89. The zero-order chi connectivity index (χ0) is 20.6. The second-order valence-electron chi connectivity index (χ2n) is 6.81. The molecule has 3 aromatic rings. The fourth-order valence-corrected chi connectivity index (χ4v) is 3.36. The summed E-state index contributed by atoms with van der Waals surface area (Å²) in [7, 11) is 0. The van der Waals surface area contributed by atoms with Crippen LogP contribution in [0.4, 0.5) is 13.2 Å². The fraction of sp³-hybridized carbons (Fsp3) is 0.174. The number of aryl methyl sites for hydroxylation is 4. The maximum absolute atomic E-state index is 13.3. The van der Waals surface area contributed by atoms with Crippen LogP contribution in [0.25, 0.3) is 11.1 Å². The van der Waals surface area contributed by atoms with Crippen LogP contribution >= 0.6 is 0 Å². The molecule has 2 nitrogen and oxygen atoms in total. The molecule has 0 heterocycles. The van der Waals surface area contributed by atoms with Crippen LogP contribution in [0.1, 0.15) is 32.6 Å². The molecule has 0 aliphatic rings. The summed E-state index contributed by atoms with van der Waals surface area (Å²) in [6, 6.07) is 11.8. The molecular weight excluding hydrogens is 504 g/mol. The van der Waals surface area contributed by atoms with Gasteiger partial charge >= 0.3 is 0 Å². The molecule has 0 spiro atoms. The SMILES string of the molecule is Cc1cc(C)c(-c2c[c-]c(C(=O)Oc3cc(F)c(F)c(F)c3)c(C)c2)c(C)c1.[La]. The summed E-state index contributed by atoms with van der Waals surface area (Å²) >= 11 is 0. The van der Waals surface area contributed by atoms with Crippen molar-refractivity contribution in [3.63, 3.8) is 0 Å². The van der Waals surface area contributed by atoms with Crippen LogP contribution in [0.3, 0.4) is 0 Å². The minimum atomic E-state index is -1.62. The van der Waals surface area contributed by atoms with Crippen molar-refractivity contribution >= 4 is 5.97 Å². The normalized spacial score (nSPS) is 10.4. The molecule has 0 N–H and O–H groups in total. The first-order valence-electron chi connectivity index (χ1n) is 8.64. The first-order valence-corrected chi connectivity index (χ1v) is 8.64. The van der Waals surface area contributed by atoms with E-state index in [4.69, 9.17) is 4.74 Å². The van der Waals surface area contributed by atoms with E-state index in [-0.39, 0.29) is 41.2 Å². The second kappa shape index (κ2) is 9.29. The molecule has 0 aliphatic carbocycles. The van der Waals surface area contributed by atoms with Crippen molar-refractivity contribution in [1.82, 2.24) is 0 Å². The Labute approximate surface area is 195 Å². The first-order chi connectivity index (χ1) is 13.2. The molecule has 1 radical (unpaired) electrons. The molecule has 0 fully saturated rings. The summed E-state index contributed by atoms with van der Waals surface area (Å²) in [6.07, 6.45) is 0. The van der Waals surface area contributed by atoms with Crippen molar-refractivity contribution in [2.75, 3.05) is 0 Å². The van der Waals surface area contributed by atoms with E-state index in [1.165, 1.54) is 5.56 Å². The smallest absolute Gasteiger partial charge is 0.255 e. The van der Waals surface area contributed by atoms with E-state index in [0.717, 1.165) is 22.3 Å². The standard InChI is InChI=1S/C23H18F3O2.La/c1-12-7-14(3)21(15(4)8-12)16-5-6-18(13(2)9-16)23(27)28-17-10-19(24)22(26)20(25)11-17;/h5,7-11H,1-4H3;/q-1;. The van der Waals surface area contributed by atoms with E-state index >= 15 is 0 Å². The molecule has 0 aliphatic heterocycles. The average molecular weight is 522 g/mol. The van der Waals surface area contributed by atoms with E-state index in [2.05, 4.69) is 18.2 Å². The largest absolute Gasteiger partial charge is 0.467 e. The molecule has 0 saturated carbocycles. The van der Waals surface area contributed by atoms with E-state index in [9.17, 15) is 18.0 Å². The van der Waals surface area contributed by atoms with Gasteiger partial charge in [-0.05, 0) is 20.8 Å². The average Bonchev–Trinajstić information content (AvgIpc) is 2.58. The minimum Gasteiger partial charge on any atom is -0.467 e. The van der Waals surface area contributed by atoms with Gasteiger partial charge in [0.1, 0.15) is 5.75 Å². The maximum atomic E-state index is 13.3. The zero-order valence-electron chi connectivity index (χ0n) is 16.5. The summed E-state index contributed by atoms with van der Waals surface area (Å²) in [4.78, 5) is 12.4. The molecular formula is C23H18F3LaO2-. The van der Waals surface area contributed by atoms with Crippen molar-refractivity contribution in [1.29, 1.82) is 0 Å². The number of hydrogen-bond donors (Lipinski definition) is 0. The first kappa shape index (κ1) is 23.4. The number of benzene rings is 3. The van der Waals surface area contributed by atoms with Gasteiger partial charge in [0.15, 0.2) is 17.5 Å². The molecule has 29 heavy (non-hydrogen) atoms. The summed E-state index contributed by atoms with van der Waals surface area (Å²) in [5.41, 5.74) is 6.09. The Kier molecular flexibility index (Phi) is 7.49. The van der Waals surface area contributed by atoms with Gasteiger partial charge in [-0.25, -0.2) is 13.2 Å². The van der Waals surface area contributed by atoms with Gasteiger partial charge in [-0.15, -0.1) is 23.8 Å². The summed E-state index contributed by atoms with van der Waals surface area (Å²) in [5, 5.41) is 0. The van der Waals surface area contributed by atoms with Crippen molar-refractivity contribution in [2.45, 2.75) is 27.7 Å². The second-order valence-corrected chi connectivity index (χ2v) is 6.81. The van der Waals surface area contributed by atoms with Gasteiger partial charge in [0.2, 0.25) is 0 Å². The van der Waals surface area contributed by atoms with Gasteiger partial charge in [0, 0.05) is 47.7 Å². The molecule has 0 atom stereocenters. The van der Waals surface area contributed by atoms with E-state index in [1.807, 2.05) is 26.8 Å². The molecule has 0 saturated heterocycles. The third-order valence-corrected chi connectivity index (χ3v) is 4.48. The molecule has 0 amide bonds. The van der Waals surface area contributed by atoms with Gasteiger partial charge in [0.25, 0.3) is 5.97 Å². The van der Waals surface area contributed by atoms with Crippen molar-refractivity contribution < 1.29 is 58.3 Å². The topological polar surface area (TPSA) is 26.3 Å². The van der Waals surface area contributed by atoms with Crippen LogP contribution in [-0.4, -0.2) is 5.97 Å². The number of carbonyl (C=O) groups is 1. The van der Waals surface area contributed by atoms with Crippen molar-refractivity contribution in [3.8, 4) is 16.9 Å². The zero-order valence-corrected chi connectivity index (χ0v) is 20.1. The molecule has 0 bridgehead atoms. The Morgan fingerprint density at radius 2 is 1.41 bits per heavy atom. The summed E-state index contributed by atoms with van der Waals surface area (Å²) in [6.45, 7) is 7.79. The molecule has 0 unspecified atom stereocenters. The number of halogens is 3. The molecule has 0 aromatic heterocycles. The van der Waals surface area contributed by atoms with Crippen LogP contribution in [0.5, 0.6) is 5.75 Å². The maximum Gasteiger partial charge on any atom is 0.255 e. The number of ether oxygens (including phenoxy) is 1. The fourth-order valence-electron chi connectivity index (χ4n) is 3.36. The Bertz CT molecular complexity index is 1050. The quantitative estimate of drug-likeness (QED) is 0.182. The van der Waals surface area contributed by atoms with E-state index in [1.54, 1.807) is 13.0 Å². The molecule has 147 valence electrons. The van der Waals surface area contributed by atoms with Gasteiger partial charge in [-0.1, -0.05) is 52.4 Å². The predicted molar refractivity (Wildman–Crippen MR) is 101 cm³/mol. The third kappa shape index (κ3) is 5.00. The predicted octanol–water partition coefficient (Wildman–Crippen LogP) is 6.02. The van der Waals surface area contributed by atoms with Crippen LogP contribution in [0.2, 0.25) is 0 Å². The van der Waals surface area contributed by atoms with Gasteiger partial charge < -0.3 is 9.53 Å². The number of rotatable bonds is 3. The van der Waals surface area contributed by atoms with Crippen LogP contribution in [0, 0.1) is 86.8 Å². The summed E-state index contributed by atoms with van der Waals surface area (Å²) < 4.78 is 44.6. The number of carbonyl (C=O) groups excluding carboxylic acids is 1. The third-order valence-electron chi connectivity index (χ3n) is 4.48. The van der Waals surface area contributed by atoms with Crippen LogP contribution in [-0.2, 0) is 0 Å². The number of hydrogen-bond acceptors (Lipinski definition) is 2. The Balaban J connectivity index is 0.00000300. The Morgan fingerprint density at radius 3 is 1.93 bits per heavy atom. The van der Waals surface area contributed by atoms with Crippen LogP contribution < -0.4 is 4.74 Å². The molecule has 6 heteroatoms. The van der Waals surface area contributed by atoms with Crippen LogP contribution in [0.15, 0.2) is 36.4 Å². The van der Waals surface area contributed by atoms with Gasteiger partial charge in [0.05, 0.1) is 0 Å².